The molecule has 0 heterocycles. The fraction of sp³-hybridized carbons (Fsp3) is 0. The van der Waals surface area contributed by atoms with Crippen LogP contribution >= 0.6 is 0 Å². The van der Waals surface area contributed by atoms with Crippen LogP contribution in [0, 0.1) is 0 Å². The quantitative estimate of drug-likeness (QED) is 0.532. The molecule has 0 aliphatic heterocycles. The molecule has 2 radical (unpaired) electrons. The third-order valence-electron chi connectivity index (χ3n) is 1.36. The van der Waals surface area contributed by atoms with Crippen molar-refractivity contribution in [3.8, 4) is 0 Å². The third-order valence-corrected chi connectivity index (χ3v) is 1.36. The zero-order valence-corrected chi connectivity index (χ0v) is 11.0. The molecule has 0 aliphatic carbocycles. The molecule has 6 heteroatoms. The molecule has 0 spiro atoms. The molecule has 14 heavy (non-hydrogen) atoms. The van der Waals surface area contributed by atoms with Crippen molar-refractivity contribution in [2.75, 3.05) is 0 Å². The van der Waals surface area contributed by atoms with Gasteiger partial charge < -0.3 is 10.2 Å². The van der Waals surface area contributed by atoms with Crippen molar-refractivity contribution in [1.82, 2.24) is 0 Å². The molecule has 0 aromatic heterocycles. The summed E-state index contributed by atoms with van der Waals surface area (Å²) < 4.78 is 0. The van der Waals surface area contributed by atoms with Crippen molar-refractivity contribution in [3.63, 3.8) is 0 Å². The summed E-state index contributed by atoms with van der Waals surface area (Å²) in [7, 11) is 0. The molecule has 0 saturated heterocycles. The second-order valence-electron chi connectivity index (χ2n) is 2.19. The number of benzene rings is 1. The van der Waals surface area contributed by atoms with Gasteiger partial charge in [0.25, 0.3) is 0 Å². The molecule has 1 aromatic carbocycles. The van der Waals surface area contributed by atoms with E-state index in [4.69, 9.17) is 10.2 Å². The minimum absolute atomic E-state index is 0. The topological polar surface area (TPSA) is 74.6 Å². The van der Waals surface area contributed by atoms with E-state index < -0.39 is 11.9 Å². The Morgan fingerprint density at radius 3 is 1.57 bits per heavy atom. The maximum absolute atomic E-state index is 10.4. The Bertz CT molecular complexity index is 309. The Labute approximate surface area is 111 Å². The SMILES string of the molecule is O=C(O)c1cccc(C(=O)O)c1.[Au].[Au]. The largest absolute Gasteiger partial charge is 0.478 e. The summed E-state index contributed by atoms with van der Waals surface area (Å²) in [6, 6.07) is 5.20. The molecule has 0 bridgehead atoms. The van der Waals surface area contributed by atoms with E-state index in [2.05, 4.69) is 0 Å². The van der Waals surface area contributed by atoms with Crippen LogP contribution in [-0.2, 0) is 44.8 Å². The van der Waals surface area contributed by atoms with Crippen molar-refractivity contribution < 1.29 is 64.6 Å². The molecule has 0 fully saturated rings. The van der Waals surface area contributed by atoms with E-state index in [1.54, 1.807) is 0 Å². The van der Waals surface area contributed by atoms with Crippen molar-refractivity contribution >= 4 is 11.9 Å². The summed E-state index contributed by atoms with van der Waals surface area (Å²) in [5.74, 6) is -2.25. The Morgan fingerprint density at radius 1 is 0.929 bits per heavy atom. The standard InChI is InChI=1S/C8H6O4.2Au/c9-7(10)5-2-1-3-6(4-5)8(11)12;;/h1-4H,(H,9,10)(H,11,12);;. The second kappa shape index (κ2) is 7.00. The van der Waals surface area contributed by atoms with Gasteiger partial charge in [-0.3, -0.25) is 0 Å². The van der Waals surface area contributed by atoms with Crippen LogP contribution in [0.5, 0.6) is 0 Å². The van der Waals surface area contributed by atoms with Gasteiger partial charge >= 0.3 is 11.9 Å². The van der Waals surface area contributed by atoms with Crippen LogP contribution < -0.4 is 0 Å². The van der Waals surface area contributed by atoms with Crippen molar-refractivity contribution in [1.29, 1.82) is 0 Å². The average Bonchev–Trinajstić information content (AvgIpc) is 2.04. The van der Waals surface area contributed by atoms with Gasteiger partial charge in [-0.15, -0.1) is 0 Å². The van der Waals surface area contributed by atoms with Gasteiger partial charge in [-0.1, -0.05) is 6.07 Å². The van der Waals surface area contributed by atoms with Gasteiger partial charge in [-0.2, -0.15) is 0 Å². The normalized spacial score (nSPS) is 8.00. The van der Waals surface area contributed by atoms with Crippen LogP contribution in [0.4, 0.5) is 0 Å². The fourth-order valence-electron chi connectivity index (χ4n) is 0.785. The zero-order valence-electron chi connectivity index (χ0n) is 6.62. The number of hydrogen-bond donors (Lipinski definition) is 2. The van der Waals surface area contributed by atoms with Crippen molar-refractivity contribution in [3.05, 3.63) is 35.4 Å². The Balaban J connectivity index is 0. The second-order valence-corrected chi connectivity index (χ2v) is 2.19. The van der Waals surface area contributed by atoms with Gasteiger partial charge in [0.2, 0.25) is 0 Å². The molecule has 0 amide bonds. The van der Waals surface area contributed by atoms with E-state index in [9.17, 15) is 9.59 Å². The van der Waals surface area contributed by atoms with E-state index in [0.717, 1.165) is 6.07 Å². The maximum atomic E-state index is 10.4. The summed E-state index contributed by atoms with van der Waals surface area (Å²) in [5, 5.41) is 17.0. The van der Waals surface area contributed by atoms with E-state index in [0.29, 0.717) is 0 Å². The van der Waals surface area contributed by atoms with Crippen LogP contribution in [0.25, 0.3) is 0 Å². The summed E-state index contributed by atoms with van der Waals surface area (Å²) in [6.45, 7) is 0. The minimum atomic E-state index is -1.13. The van der Waals surface area contributed by atoms with Crippen LogP contribution in [0.3, 0.4) is 0 Å². The summed E-state index contributed by atoms with van der Waals surface area (Å²) in [5.41, 5.74) is -0.0372. The summed E-state index contributed by atoms with van der Waals surface area (Å²) >= 11 is 0. The first-order valence-corrected chi connectivity index (χ1v) is 3.18. The maximum Gasteiger partial charge on any atom is 0.335 e. The fourth-order valence-corrected chi connectivity index (χ4v) is 0.785. The molecule has 4 nitrogen and oxygen atoms in total. The first-order valence-electron chi connectivity index (χ1n) is 3.18. The van der Waals surface area contributed by atoms with Crippen molar-refractivity contribution in [2.45, 2.75) is 0 Å². The molecular formula is C8H6Au2O4. The molecule has 1 rings (SSSR count). The Kier molecular flexibility index (Phi) is 8.04. The van der Waals surface area contributed by atoms with E-state index in [1.807, 2.05) is 0 Å². The van der Waals surface area contributed by atoms with E-state index in [-0.39, 0.29) is 55.9 Å². The van der Waals surface area contributed by atoms with Gasteiger partial charge in [-0.25, -0.2) is 9.59 Å². The predicted octanol–water partition coefficient (Wildman–Crippen LogP) is 1.08. The number of hydrogen-bond acceptors (Lipinski definition) is 2. The number of carboxylic acid groups (broad SMARTS) is 2. The van der Waals surface area contributed by atoms with Crippen LogP contribution in [0.1, 0.15) is 20.7 Å². The average molecular weight is 560 g/mol. The van der Waals surface area contributed by atoms with E-state index >= 15 is 0 Å². The molecule has 1 aromatic rings. The molecular weight excluding hydrogens is 554 g/mol. The molecule has 84 valence electrons. The Morgan fingerprint density at radius 2 is 1.29 bits per heavy atom. The van der Waals surface area contributed by atoms with E-state index in [1.165, 1.54) is 18.2 Å². The zero-order chi connectivity index (χ0) is 9.14. The third kappa shape index (κ3) is 4.24. The van der Waals surface area contributed by atoms with Gasteiger partial charge in [0.15, 0.2) is 0 Å². The van der Waals surface area contributed by atoms with Crippen LogP contribution in [0.15, 0.2) is 24.3 Å². The van der Waals surface area contributed by atoms with Crippen LogP contribution in [-0.4, -0.2) is 22.2 Å². The molecule has 0 atom stereocenters. The first kappa shape index (κ1) is 16.1. The number of rotatable bonds is 2. The van der Waals surface area contributed by atoms with Crippen LogP contribution in [0.2, 0.25) is 0 Å². The summed E-state index contributed by atoms with van der Waals surface area (Å²) in [6.07, 6.45) is 0. The molecule has 0 saturated carbocycles. The molecule has 0 aliphatic rings. The van der Waals surface area contributed by atoms with Gasteiger partial charge in [0, 0.05) is 44.8 Å². The smallest absolute Gasteiger partial charge is 0.335 e. The molecule has 0 unspecified atom stereocenters. The predicted molar refractivity (Wildman–Crippen MR) is 40.4 cm³/mol. The number of carboxylic acids is 2. The number of carbonyl (C=O) groups is 2. The van der Waals surface area contributed by atoms with Gasteiger partial charge in [-0.05, 0) is 18.2 Å². The monoisotopic (exact) mass is 560 g/mol. The minimum Gasteiger partial charge on any atom is -0.478 e. The van der Waals surface area contributed by atoms with Gasteiger partial charge in [0.1, 0.15) is 0 Å². The first-order chi connectivity index (χ1) is 5.61. The summed E-state index contributed by atoms with van der Waals surface area (Å²) in [4.78, 5) is 20.8. The number of aromatic carboxylic acids is 2. The Hall–Kier alpha value is -0.359. The molecule has 2 N–H and O–H groups in total. The van der Waals surface area contributed by atoms with Gasteiger partial charge in [0.05, 0.1) is 11.1 Å². The van der Waals surface area contributed by atoms with Crippen molar-refractivity contribution in [2.24, 2.45) is 0 Å².